The first kappa shape index (κ1) is 11.2. The van der Waals surface area contributed by atoms with E-state index >= 15 is 0 Å². The van der Waals surface area contributed by atoms with Crippen molar-refractivity contribution in [3.8, 4) is 0 Å². The van der Waals surface area contributed by atoms with Crippen LogP contribution in [0.15, 0.2) is 17.5 Å². The lowest BCUT2D eigenvalue weighted by Crippen LogP contribution is -2.35. The van der Waals surface area contributed by atoms with Gasteiger partial charge in [0.15, 0.2) is 0 Å². The predicted molar refractivity (Wildman–Crippen MR) is 57.3 cm³/mol. The Kier molecular flexibility index (Phi) is 4.62. The molecule has 4 heteroatoms. The summed E-state index contributed by atoms with van der Waals surface area (Å²) in [4.78, 5) is 12.5. The Morgan fingerprint density at radius 1 is 1.71 bits per heavy atom. The van der Waals surface area contributed by atoms with Gasteiger partial charge in [0.2, 0.25) is 5.91 Å². The van der Waals surface area contributed by atoms with E-state index in [0.717, 1.165) is 6.42 Å². The predicted octanol–water partition coefficient (Wildman–Crippen LogP) is 1.18. The number of aryl methyl sites for hydroxylation is 1. The number of hydrogen-bond acceptors (Lipinski definition) is 3. The van der Waals surface area contributed by atoms with Gasteiger partial charge >= 0.3 is 0 Å². The fourth-order valence-corrected chi connectivity index (χ4v) is 1.79. The summed E-state index contributed by atoms with van der Waals surface area (Å²) >= 11 is 1.66. The molecule has 1 unspecified atom stereocenters. The number of aliphatic hydroxyl groups is 1. The zero-order valence-corrected chi connectivity index (χ0v) is 9.01. The van der Waals surface area contributed by atoms with Gasteiger partial charge in [-0.2, -0.15) is 0 Å². The van der Waals surface area contributed by atoms with Crippen molar-refractivity contribution in [3.05, 3.63) is 22.4 Å². The van der Waals surface area contributed by atoms with Crippen LogP contribution in [0.4, 0.5) is 0 Å². The minimum Gasteiger partial charge on any atom is -0.394 e. The molecule has 0 aliphatic rings. The lowest BCUT2D eigenvalue weighted by Gasteiger charge is -2.09. The third-order valence-corrected chi connectivity index (χ3v) is 2.80. The van der Waals surface area contributed by atoms with Crippen LogP contribution >= 0.6 is 11.3 Å². The van der Waals surface area contributed by atoms with E-state index in [9.17, 15) is 4.79 Å². The number of nitrogens with one attached hydrogen (secondary N) is 1. The van der Waals surface area contributed by atoms with Crippen molar-refractivity contribution in [2.45, 2.75) is 25.8 Å². The molecule has 14 heavy (non-hydrogen) atoms. The van der Waals surface area contributed by atoms with Gasteiger partial charge < -0.3 is 10.4 Å². The third kappa shape index (κ3) is 3.89. The molecule has 0 aromatic carbocycles. The van der Waals surface area contributed by atoms with Crippen LogP contribution in [0.3, 0.4) is 0 Å². The Morgan fingerprint density at radius 2 is 2.50 bits per heavy atom. The van der Waals surface area contributed by atoms with E-state index in [2.05, 4.69) is 5.32 Å². The molecule has 1 atom stereocenters. The molecular formula is C10H15NO2S. The van der Waals surface area contributed by atoms with Gasteiger partial charge in [-0.05, 0) is 24.8 Å². The Labute approximate surface area is 87.8 Å². The Morgan fingerprint density at radius 3 is 3.07 bits per heavy atom. The Balaban J connectivity index is 2.22. The zero-order valence-electron chi connectivity index (χ0n) is 8.19. The average Bonchev–Trinajstić information content (AvgIpc) is 2.67. The summed E-state index contributed by atoms with van der Waals surface area (Å²) in [6.45, 7) is 1.77. The van der Waals surface area contributed by atoms with Crippen LogP contribution in [-0.4, -0.2) is 23.7 Å². The highest BCUT2D eigenvalue weighted by atomic mass is 32.1. The van der Waals surface area contributed by atoms with Crippen LogP contribution in [0.25, 0.3) is 0 Å². The summed E-state index contributed by atoms with van der Waals surface area (Å²) in [6.07, 6.45) is 1.27. The van der Waals surface area contributed by atoms with Crippen LogP contribution < -0.4 is 5.32 Å². The van der Waals surface area contributed by atoms with E-state index in [4.69, 9.17) is 5.11 Å². The van der Waals surface area contributed by atoms with E-state index in [1.54, 1.807) is 18.3 Å². The number of amides is 1. The van der Waals surface area contributed by atoms with Crippen molar-refractivity contribution in [1.29, 1.82) is 0 Å². The fourth-order valence-electron chi connectivity index (χ4n) is 1.08. The van der Waals surface area contributed by atoms with Crippen molar-refractivity contribution < 1.29 is 9.90 Å². The lowest BCUT2D eigenvalue weighted by atomic mass is 10.2. The maximum absolute atomic E-state index is 11.3. The number of carbonyl (C=O) groups excluding carboxylic acids is 1. The summed E-state index contributed by atoms with van der Waals surface area (Å²) in [5, 5.41) is 13.4. The normalized spacial score (nSPS) is 12.4. The van der Waals surface area contributed by atoms with Gasteiger partial charge in [-0.15, -0.1) is 11.3 Å². The largest absolute Gasteiger partial charge is 0.394 e. The molecule has 1 rings (SSSR count). The van der Waals surface area contributed by atoms with Gasteiger partial charge in [0, 0.05) is 17.3 Å². The molecule has 0 aliphatic carbocycles. The molecule has 1 heterocycles. The first-order valence-corrected chi connectivity index (χ1v) is 5.53. The van der Waals surface area contributed by atoms with Gasteiger partial charge in [0.1, 0.15) is 0 Å². The van der Waals surface area contributed by atoms with E-state index < -0.39 is 0 Å². The van der Waals surface area contributed by atoms with Gasteiger partial charge in [-0.3, -0.25) is 4.79 Å². The highest BCUT2D eigenvalue weighted by Crippen LogP contribution is 2.10. The van der Waals surface area contributed by atoms with Gasteiger partial charge in [0.05, 0.1) is 6.61 Å². The molecule has 1 aromatic heterocycles. The monoisotopic (exact) mass is 213 g/mol. The molecule has 2 N–H and O–H groups in total. The second kappa shape index (κ2) is 5.78. The van der Waals surface area contributed by atoms with E-state index in [-0.39, 0.29) is 18.6 Å². The SMILES string of the molecule is CC(CO)NC(=O)CCc1cccs1. The summed E-state index contributed by atoms with van der Waals surface area (Å²) < 4.78 is 0. The van der Waals surface area contributed by atoms with Crippen LogP contribution in [0.2, 0.25) is 0 Å². The first-order chi connectivity index (χ1) is 6.72. The second-order valence-electron chi connectivity index (χ2n) is 3.23. The van der Waals surface area contributed by atoms with Gasteiger partial charge in [-0.25, -0.2) is 0 Å². The molecule has 0 aliphatic heterocycles. The smallest absolute Gasteiger partial charge is 0.220 e. The zero-order chi connectivity index (χ0) is 10.4. The Hall–Kier alpha value is -0.870. The molecule has 0 saturated heterocycles. The average molecular weight is 213 g/mol. The number of aliphatic hydroxyl groups excluding tert-OH is 1. The molecule has 0 bridgehead atoms. The molecular weight excluding hydrogens is 198 g/mol. The Bertz CT molecular complexity index is 272. The quantitative estimate of drug-likeness (QED) is 0.771. The first-order valence-electron chi connectivity index (χ1n) is 4.65. The fraction of sp³-hybridized carbons (Fsp3) is 0.500. The topological polar surface area (TPSA) is 49.3 Å². The van der Waals surface area contributed by atoms with Gasteiger partial charge in [-0.1, -0.05) is 6.07 Å². The molecule has 0 spiro atoms. The molecule has 1 amide bonds. The van der Waals surface area contributed by atoms with E-state index in [1.807, 2.05) is 17.5 Å². The van der Waals surface area contributed by atoms with E-state index in [1.165, 1.54) is 4.88 Å². The third-order valence-electron chi connectivity index (χ3n) is 1.86. The molecule has 0 fully saturated rings. The summed E-state index contributed by atoms with van der Waals surface area (Å²) in [5.41, 5.74) is 0. The van der Waals surface area contributed by atoms with Crippen molar-refractivity contribution in [1.82, 2.24) is 5.32 Å². The van der Waals surface area contributed by atoms with E-state index in [0.29, 0.717) is 6.42 Å². The van der Waals surface area contributed by atoms with Crippen molar-refractivity contribution in [2.24, 2.45) is 0 Å². The van der Waals surface area contributed by atoms with Crippen molar-refractivity contribution in [3.63, 3.8) is 0 Å². The minimum atomic E-state index is -0.147. The molecule has 1 aromatic rings. The van der Waals surface area contributed by atoms with Crippen molar-refractivity contribution >= 4 is 17.2 Å². The minimum absolute atomic E-state index is 0.0000463. The summed E-state index contributed by atoms with van der Waals surface area (Å²) in [5.74, 6) is -0.0000463. The molecule has 78 valence electrons. The lowest BCUT2D eigenvalue weighted by molar-refractivity contribution is -0.121. The molecule has 3 nitrogen and oxygen atoms in total. The van der Waals surface area contributed by atoms with Crippen LogP contribution in [0.1, 0.15) is 18.2 Å². The number of hydrogen-bond donors (Lipinski definition) is 2. The molecule has 0 radical (unpaired) electrons. The second-order valence-corrected chi connectivity index (χ2v) is 4.26. The maximum Gasteiger partial charge on any atom is 0.220 e. The standard InChI is InChI=1S/C10H15NO2S/c1-8(7-12)11-10(13)5-4-9-3-2-6-14-9/h2-3,6,8,12H,4-5,7H2,1H3,(H,11,13). The highest BCUT2D eigenvalue weighted by Gasteiger charge is 2.06. The highest BCUT2D eigenvalue weighted by molar-refractivity contribution is 7.09. The molecule has 0 saturated carbocycles. The number of thiophene rings is 1. The summed E-state index contributed by atoms with van der Waals surface area (Å²) in [7, 11) is 0. The summed E-state index contributed by atoms with van der Waals surface area (Å²) in [6, 6.07) is 3.85. The number of carbonyl (C=O) groups is 1. The van der Waals surface area contributed by atoms with Crippen LogP contribution in [-0.2, 0) is 11.2 Å². The van der Waals surface area contributed by atoms with Crippen LogP contribution in [0, 0.1) is 0 Å². The van der Waals surface area contributed by atoms with Gasteiger partial charge in [0.25, 0.3) is 0 Å². The number of rotatable bonds is 5. The van der Waals surface area contributed by atoms with Crippen LogP contribution in [0.5, 0.6) is 0 Å². The maximum atomic E-state index is 11.3. The van der Waals surface area contributed by atoms with Crippen molar-refractivity contribution in [2.75, 3.05) is 6.61 Å².